The number of carboxylic acid groups (broad SMARTS) is 12. The fourth-order valence-electron chi connectivity index (χ4n) is 1.96. The van der Waals surface area contributed by atoms with E-state index in [1.54, 1.807) is 0 Å². The van der Waals surface area contributed by atoms with Crippen LogP contribution in [0, 0.1) is 0 Å². The molecule has 0 saturated heterocycles. The van der Waals surface area contributed by atoms with Crippen molar-refractivity contribution in [2.75, 3.05) is 0 Å². The van der Waals surface area contributed by atoms with E-state index in [-0.39, 0.29) is 201 Å². The molecule has 2 aromatic carbocycles. The van der Waals surface area contributed by atoms with Crippen LogP contribution in [0.5, 0.6) is 0 Å². The van der Waals surface area contributed by atoms with Gasteiger partial charge in [-0.15, -0.1) is 0 Å². The Bertz CT molecular complexity index is 1110. The third-order valence-electron chi connectivity index (χ3n) is 3.28. The molecule has 0 saturated carbocycles. The van der Waals surface area contributed by atoms with Gasteiger partial charge in [0.25, 0.3) is 0 Å². The molecule has 0 aliphatic heterocycles. The summed E-state index contributed by atoms with van der Waals surface area (Å²) in [5.41, 5.74) is -3.36. The average Bonchev–Trinajstić information content (AvgIpc) is 2.99. The predicted octanol–water partition coefficient (Wildman–Crippen LogP) is -20.0. The van der Waals surface area contributed by atoms with Gasteiger partial charge in [-0.1, -0.05) is 0 Å². The SMILES string of the molecule is O.O.O.O.O=C([O-])c1cc(C(=O)[O-])cc(C(=O)[O-])c1.O=C([O-])c1cc(C(=O)[O-])cc(C(=O)[O-])c1.O=C[O-].O=C[O-].O=C[O-].O=C[O-].O=C[O-].O=C[O-].[O-2].[O-2].[O-2].[O-2].[Zr+4].[Zr+4].[Zr+4].[Zr+4].[Zr+4].[Zr+4]. The van der Waals surface area contributed by atoms with E-state index in [2.05, 4.69) is 0 Å². The van der Waals surface area contributed by atoms with E-state index in [1.807, 2.05) is 0 Å². The molecule has 2 aromatic rings. The minimum atomic E-state index is -1.68. The molecule has 0 fully saturated rings. The average molecular weight is 1370 g/mol. The second-order valence-corrected chi connectivity index (χ2v) is 5.90. The summed E-state index contributed by atoms with van der Waals surface area (Å²) in [6.07, 6.45) is 0. The summed E-state index contributed by atoms with van der Waals surface area (Å²) < 4.78 is 0. The number of hydrogen-bond acceptors (Lipinski definition) is 24. The molecule has 8 N–H and O–H groups in total. The maximum Gasteiger partial charge on any atom is 4.00 e. The van der Waals surface area contributed by atoms with E-state index in [0.717, 1.165) is 36.4 Å². The fourth-order valence-corrected chi connectivity index (χ4v) is 1.96. The van der Waals surface area contributed by atoms with Crippen LogP contribution in [-0.4, -0.2) is 96.6 Å². The number of carbonyl (C=O) groups is 12. The third kappa shape index (κ3) is 88.3. The van der Waals surface area contributed by atoms with Gasteiger partial charge >= 0.3 is 157 Å². The Kier molecular flexibility index (Phi) is 196. The van der Waals surface area contributed by atoms with Gasteiger partial charge in [0.2, 0.25) is 0 Å². The van der Waals surface area contributed by atoms with Crippen molar-refractivity contribution in [3.8, 4) is 0 Å². The molecule has 0 amide bonds. The second-order valence-electron chi connectivity index (χ2n) is 5.90. The molecule has 0 unspecified atom stereocenters. The van der Waals surface area contributed by atoms with Crippen molar-refractivity contribution in [1.29, 1.82) is 0 Å². The Balaban J connectivity index is -0.0000000196. The maximum atomic E-state index is 10.4. The largest absolute Gasteiger partial charge is 4.00 e. The molecule has 0 atom stereocenters. The summed E-state index contributed by atoms with van der Waals surface area (Å²) in [6.45, 7) is -3.00. The van der Waals surface area contributed by atoms with E-state index >= 15 is 0 Å². The van der Waals surface area contributed by atoms with Crippen LogP contribution in [-0.2, 0) is 208 Å². The molecule has 32 nitrogen and oxygen atoms in total. The van der Waals surface area contributed by atoms with Crippen molar-refractivity contribution in [2.24, 2.45) is 0 Å². The molecule has 2 rings (SSSR count). The zero-order chi connectivity index (χ0) is 39.4. The minimum absolute atomic E-state index is 0. The molecule has 0 heterocycles. The Labute approximate surface area is 459 Å². The number of carbonyl (C=O) groups excluding carboxylic acids is 12. The van der Waals surface area contributed by atoms with Crippen molar-refractivity contribution in [1.82, 2.24) is 0 Å². The van der Waals surface area contributed by atoms with Gasteiger partial charge in [-0.05, 0) is 69.8 Å². The van der Waals surface area contributed by atoms with Crippen LogP contribution in [0.1, 0.15) is 62.1 Å². The van der Waals surface area contributed by atoms with Crippen molar-refractivity contribution < 1.29 is 320 Å². The van der Waals surface area contributed by atoms with Crippen molar-refractivity contribution in [3.05, 3.63) is 69.8 Å². The van der Waals surface area contributed by atoms with Gasteiger partial charge in [-0.25, -0.2) is 0 Å². The van der Waals surface area contributed by atoms with Crippen LogP contribution in [0.2, 0.25) is 0 Å². The van der Waals surface area contributed by atoms with Crippen LogP contribution < -0.4 is 61.3 Å². The van der Waals surface area contributed by atoms with Crippen LogP contribution in [0.25, 0.3) is 0 Å². The maximum absolute atomic E-state index is 10.4. The quantitative estimate of drug-likeness (QED) is 0.242. The number of rotatable bonds is 6. The first kappa shape index (κ1) is 130. The molecule has 0 radical (unpaired) electrons. The second kappa shape index (κ2) is 93.1. The molecule has 62 heavy (non-hydrogen) atoms. The molecule has 328 valence electrons. The summed E-state index contributed by atoms with van der Waals surface area (Å²) >= 11 is 0. The first-order valence-corrected chi connectivity index (χ1v) is 10.2. The van der Waals surface area contributed by atoms with Gasteiger partial charge in [0.15, 0.2) is 0 Å². The van der Waals surface area contributed by atoms with E-state index < -0.39 is 108 Å². The topological polar surface area (TPSA) is 722 Å². The molecular formula is C24H20O32Zr6+4. The molecule has 0 spiro atoms. The monoisotopic (exact) mass is 1360 g/mol. The van der Waals surface area contributed by atoms with E-state index in [0.29, 0.717) is 0 Å². The smallest absolute Gasteiger partial charge is 2.00 e. The normalized spacial score (nSPS) is 5.81. The number of hydrogen-bond donors (Lipinski definition) is 0. The molecule has 38 heteroatoms. The van der Waals surface area contributed by atoms with Gasteiger partial charge in [0.05, 0.1) is 35.8 Å². The van der Waals surface area contributed by atoms with E-state index in [1.165, 1.54) is 0 Å². The predicted molar refractivity (Wildman–Crippen MR) is 132 cm³/mol. The van der Waals surface area contributed by atoms with Crippen molar-refractivity contribution in [3.63, 3.8) is 0 Å². The van der Waals surface area contributed by atoms with Gasteiger partial charge in [-0.3, -0.25) is 0 Å². The Morgan fingerprint density at radius 2 is 0.323 bits per heavy atom. The van der Waals surface area contributed by atoms with Crippen LogP contribution >= 0.6 is 0 Å². The zero-order valence-corrected chi connectivity index (χ0v) is 44.1. The van der Waals surface area contributed by atoms with Crippen LogP contribution in [0.15, 0.2) is 36.4 Å². The minimum Gasteiger partial charge on any atom is -2.00 e. The summed E-state index contributed by atoms with van der Waals surface area (Å²) in [7, 11) is 0. The number of benzene rings is 2. The molecular weight excluding hydrogens is 1350 g/mol. The van der Waals surface area contributed by atoms with Gasteiger partial charge in [-0.2, -0.15) is 0 Å². The van der Waals surface area contributed by atoms with Crippen LogP contribution in [0.4, 0.5) is 0 Å². The molecule has 0 bridgehead atoms. The summed E-state index contributed by atoms with van der Waals surface area (Å²) in [4.78, 5) is 112. The van der Waals surface area contributed by atoms with Crippen molar-refractivity contribution in [2.45, 2.75) is 0 Å². The van der Waals surface area contributed by atoms with Crippen LogP contribution in [0.3, 0.4) is 0 Å². The van der Waals surface area contributed by atoms with Crippen molar-refractivity contribution >= 4 is 74.6 Å². The number of aromatic carboxylic acids is 6. The molecule has 0 aliphatic rings. The number of carboxylic acids is 6. The first-order valence-electron chi connectivity index (χ1n) is 10.2. The summed E-state index contributed by atoms with van der Waals surface area (Å²) in [5, 5.41) is 112. The van der Waals surface area contributed by atoms with Gasteiger partial charge in [0, 0.05) is 38.8 Å². The fraction of sp³-hybridized carbons (Fsp3) is 0. The standard InChI is InChI=1S/2C9H6O6.6CH2O2.4H2O.4O.6Zr/c2*10-7(11)4-1-5(8(12)13)3-6(2-4)9(14)15;6*2-1-3;;;;;;;;;;;;;;/h2*1-3H,(H,10,11)(H,12,13)(H,14,15);6*1H,(H,2,3);4*1H2;;;;;;;;;;/q;;;;;;;;;;;;4*-2;6*+4/p-12. The molecule has 0 aliphatic carbocycles. The van der Waals surface area contributed by atoms with Gasteiger partial charge in [0.1, 0.15) is 0 Å². The first-order chi connectivity index (χ1) is 22.3. The zero-order valence-electron chi connectivity index (χ0n) is 29.4. The Morgan fingerprint density at radius 3 is 0.355 bits per heavy atom. The van der Waals surface area contributed by atoms with E-state index in [4.69, 9.17) is 59.4 Å². The Morgan fingerprint density at radius 1 is 0.274 bits per heavy atom. The summed E-state index contributed by atoms with van der Waals surface area (Å²) in [6, 6.07) is 4.48. The van der Waals surface area contributed by atoms with E-state index in [9.17, 15) is 59.4 Å². The third-order valence-corrected chi connectivity index (χ3v) is 3.28. The summed E-state index contributed by atoms with van der Waals surface area (Å²) in [5.74, 6) is -10.1. The van der Waals surface area contributed by atoms with Gasteiger partial charge < -0.3 is 163 Å². The Hall–Kier alpha value is -2.94. The molecule has 0 aromatic heterocycles.